The van der Waals surface area contributed by atoms with Gasteiger partial charge in [0.2, 0.25) is 11.5 Å². The van der Waals surface area contributed by atoms with Crippen LogP contribution in [0, 0.1) is 0 Å². The van der Waals surface area contributed by atoms with Crippen molar-refractivity contribution in [3.8, 4) is 34.1 Å². The first-order valence-corrected chi connectivity index (χ1v) is 10.1. The van der Waals surface area contributed by atoms with Gasteiger partial charge < -0.3 is 27.9 Å². The summed E-state index contributed by atoms with van der Waals surface area (Å²) in [5, 5.41) is 0. The van der Waals surface area contributed by atoms with Gasteiger partial charge in [0.15, 0.2) is 17.8 Å². The van der Waals surface area contributed by atoms with Gasteiger partial charge in [-0.25, -0.2) is 0 Å². The fraction of sp³-hybridized carbons (Fsp3) is 0.368. The Bertz CT molecular complexity index is 1080. The van der Waals surface area contributed by atoms with E-state index in [2.05, 4.69) is 4.18 Å². The monoisotopic (exact) mass is 464 g/mol. The third-order valence-electron chi connectivity index (χ3n) is 4.58. The summed E-state index contributed by atoms with van der Waals surface area (Å²) in [7, 11) is -1.16. The average molecular weight is 464 g/mol. The van der Waals surface area contributed by atoms with Gasteiger partial charge in [-0.3, -0.25) is 0 Å². The minimum absolute atomic E-state index is 0.0165. The first-order valence-electron chi connectivity index (χ1n) is 8.70. The zero-order chi connectivity index (χ0) is 23.0. The van der Waals surface area contributed by atoms with Gasteiger partial charge in [0, 0.05) is 12.7 Å². The molecular formula is C19H19F3O8S. The van der Waals surface area contributed by atoms with Crippen molar-refractivity contribution < 1.29 is 49.5 Å². The van der Waals surface area contributed by atoms with Crippen LogP contribution in [0.3, 0.4) is 0 Å². The zero-order valence-corrected chi connectivity index (χ0v) is 17.7. The van der Waals surface area contributed by atoms with E-state index >= 15 is 0 Å². The van der Waals surface area contributed by atoms with Crippen LogP contribution in [0.5, 0.6) is 23.0 Å². The molecule has 0 radical (unpaired) electrons. The third-order valence-corrected chi connectivity index (χ3v) is 5.53. The molecule has 31 heavy (non-hydrogen) atoms. The Labute approximate surface area is 176 Å². The van der Waals surface area contributed by atoms with Crippen molar-refractivity contribution >= 4 is 10.1 Å². The lowest BCUT2D eigenvalue weighted by Gasteiger charge is -2.25. The van der Waals surface area contributed by atoms with Gasteiger partial charge in [0.05, 0.1) is 33.5 Å². The van der Waals surface area contributed by atoms with Crippen LogP contribution in [-0.4, -0.2) is 42.4 Å². The van der Waals surface area contributed by atoms with E-state index in [9.17, 15) is 21.6 Å². The molecule has 0 amide bonds. The highest BCUT2D eigenvalue weighted by molar-refractivity contribution is 7.88. The predicted molar refractivity (Wildman–Crippen MR) is 102 cm³/mol. The molecule has 0 bridgehead atoms. The highest BCUT2D eigenvalue weighted by atomic mass is 32.2. The summed E-state index contributed by atoms with van der Waals surface area (Å²) in [6.45, 7) is 0.0165. The molecule has 1 unspecified atom stereocenters. The van der Waals surface area contributed by atoms with E-state index in [1.807, 2.05) is 0 Å². The maximum Gasteiger partial charge on any atom is 0.534 e. The van der Waals surface area contributed by atoms with Crippen molar-refractivity contribution in [2.45, 2.75) is 18.4 Å². The molecule has 0 saturated carbocycles. The Kier molecular flexibility index (Phi) is 6.25. The molecular weight excluding hydrogens is 445 g/mol. The second-order valence-electron chi connectivity index (χ2n) is 6.24. The van der Waals surface area contributed by atoms with Crippen molar-refractivity contribution in [2.75, 3.05) is 28.4 Å². The molecule has 1 aliphatic heterocycles. The normalized spacial score (nSPS) is 16.0. The lowest BCUT2D eigenvalue weighted by atomic mass is 9.93. The Hall–Kier alpha value is -2.70. The quantitative estimate of drug-likeness (QED) is 0.471. The smallest absolute Gasteiger partial charge is 0.492 e. The average Bonchev–Trinajstić information content (AvgIpc) is 2.89. The second kappa shape index (κ2) is 8.44. The van der Waals surface area contributed by atoms with E-state index in [0.29, 0.717) is 11.1 Å². The molecule has 2 aromatic rings. The van der Waals surface area contributed by atoms with E-state index in [1.165, 1.54) is 21.3 Å². The number of methoxy groups -OCH3 is 4. The van der Waals surface area contributed by atoms with Crippen LogP contribution in [0.25, 0.3) is 11.1 Å². The Morgan fingerprint density at radius 1 is 0.935 bits per heavy atom. The number of hydrogen-bond donors (Lipinski definition) is 0. The molecule has 0 aliphatic carbocycles. The van der Waals surface area contributed by atoms with E-state index in [4.69, 9.17) is 23.7 Å². The molecule has 1 aliphatic rings. The van der Waals surface area contributed by atoms with Crippen LogP contribution in [0.1, 0.15) is 17.4 Å². The Morgan fingerprint density at radius 2 is 1.52 bits per heavy atom. The molecule has 1 heterocycles. The fourth-order valence-corrected chi connectivity index (χ4v) is 3.78. The van der Waals surface area contributed by atoms with Crippen LogP contribution in [-0.2, 0) is 26.2 Å². The van der Waals surface area contributed by atoms with Crippen LogP contribution < -0.4 is 18.4 Å². The second-order valence-corrected chi connectivity index (χ2v) is 7.77. The summed E-state index contributed by atoms with van der Waals surface area (Å²) in [5.41, 5.74) is -4.51. The van der Waals surface area contributed by atoms with Gasteiger partial charge in [-0.1, -0.05) is 24.3 Å². The molecule has 0 fully saturated rings. The zero-order valence-electron chi connectivity index (χ0n) is 16.9. The van der Waals surface area contributed by atoms with Gasteiger partial charge >= 0.3 is 15.6 Å². The minimum atomic E-state index is -6.07. The van der Waals surface area contributed by atoms with Crippen molar-refractivity contribution in [2.24, 2.45) is 0 Å². The number of hydrogen-bond acceptors (Lipinski definition) is 8. The van der Waals surface area contributed by atoms with Gasteiger partial charge in [0.25, 0.3) is 0 Å². The van der Waals surface area contributed by atoms with E-state index in [0.717, 1.165) is 7.11 Å². The van der Waals surface area contributed by atoms with Gasteiger partial charge in [-0.05, 0) is 11.1 Å². The van der Waals surface area contributed by atoms with Gasteiger partial charge in [0.1, 0.15) is 0 Å². The topological polar surface area (TPSA) is 89.5 Å². The maximum atomic E-state index is 13.1. The summed E-state index contributed by atoms with van der Waals surface area (Å²) in [6.07, 6.45) is -1.31. The summed E-state index contributed by atoms with van der Waals surface area (Å²) in [5.74, 6) is -1.30. The molecule has 2 aromatic carbocycles. The van der Waals surface area contributed by atoms with Crippen LogP contribution in [0.4, 0.5) is 13.2 Å². The van der Waals surface area contributed by atoms with Gasteiger partial charge in [-0.15, -0.1) is 0 Å². The van der Waals surface area contributed by atoms with Crippen LogP contribution in [0.15, 0.2) is 24.3 Å². The number of fused-ring (bicyclic) bond motifs is 3. The first-order chi connectivity index (χ1) is 14.6. The molecule has 8 nitrogen and oxygen atoms in total. The maximum absolute atomic E-state index is 13.1. The standard InChI is InChI=1S/C19H19F3O8S/c1-25-14-12-11-8-6-5-7-10(11)9-29-18(28-4)13(12)15(17(27-3)16(14)26-2)30-31(23,24)19(20,21)22/h5-8,18H,9H2,1-4H3. The van der Waals surface area contributed by atoms with Crippen LogP contribution in [0.2, 0.25) is 0 Å². The van der Waals surface area contributed by atoms with E-state index in [-0.39, 0.29) is 29.2 Å². The van der Waals surface area contributed by atoms with Crippen molar-refractivity contribution in [3.63, 3.8) is 0 Å². The summed E-state index contributed by atoms with van der Waals surface area (Å²) in [6, 6.07) is 6.85. The van der Waals surface area contributed by atoms with Crippen molar-refractivity contribution in [3.05, 3.63) is 35.4 Å². The molecule has 12 heteroatoms. The molecule has 0 aromatic heterocycles. The van der Waals surface area contributed by atoms with E-state index in [1.54, 1.807) is 24.3 Å². The third kappa shape index (κ3) is 3.86. The van der Waals surface area contributed by atoms with Crippen molar-refractivity contribution in [1.82, 2.24) is 0 Å². The number of rotatable bonds is 6. The largest absolute Gasteiger partial charge is 0.534 e. The molecule has 1 atom stereocenters. The SMILES string of the molecule is COc1c(OC)c(OS(=O)(=O)C(F)(F)F)c2c(c1OC)-c1ccccc1COC2OC. The predicted octanol–water partition coefficient (Wildman–Crippen LogP) is 3.78. The first kappa shape index (κ1) is 23.0. The lowest BCUT2D eigenvalue weighted by Crippen LogP contribution is -2.29. The summed E-state index contributed by atoms with van der Waals surface area (Å²) in [4.78, 5) is 0. The molecule has 0 saturated heterocycles. The Balaban J connectivity index is 2.50. The summed E-state index contributed by atoms with van der Waals surface area (Å²) >= 11 is 0. The number of ether oxygens (including phenoxy) is 5. The highest BCUT2D eigenvalue weighted by Gasteiger charge is 2.50. The van der Waals surface area contributed by atoms with E-state index < -0.39 is 33.4 Å². The fourth-order valence-electron chi connectivity index (χ4n) is 3.30. The number of alkyl halides is 3. The molecule has 170 valence electrons. The van der Waals surface area contributed by atoms with Gasteiger partial charge in [-0.2, -0.15) is 21.6 Å². The van der Waals surface area contributed by atoms with Crippen LogP contribution >= 0.6 is 0 Å². The highest BCUT2D eigenvalue weighted by Crippen LogP contribution is 2.57. The summed E-state index contributed by atoms with van der Waals surface area (Å²) < 4.78 is 94.8. The molecule has 0 N–H and O–H groups in total. The number of benzene rings is 2. The lowest BCUT2D eigenvalue weighted by molar-refractivity contribution is -0.135. The number of halogens is 3. The van der Waals surface area contributed by atoms with Crippen molar-refractivity contribution in [1.29, 1.82) is 0 Å². The Morgan fingerprint density at radius 3 is 2.06 bits per heavy atom. The minimum Gasteiger partial charge on any atom is -0.492 e. The molecule has 0 spiro atoms. The molecule has 3 rings (SSSR count).